The molecule has 0 bridgehead atoms. The summed E-state index contributed by atoms with van der Waals surface area (Å²) in [5.74, 6) is -0.952. The van der Waals surface area contributed by atoms with E-state index in [9.17, 15) is 24.5 Å². The van der Waals surface area contributed by atoms with Gasteiger partial charge >= 0.3 is 12.1 Å². The van der Waals surface area contributed by atoms with Crippen LogP contribution in [-0.4, -0.2) is 70.6 Å². The van der Waals surface area contributed by atoms with Gasteiger partial charge in [-0.05, 0) is 76.8 Å². The van der Waals surface area contributed by atoms with Crippen LogP contribution in [0.4, 0.5) is 10.5 Å². The average molecular weight is 730 g/mol. The van der Waals surface area contributed by atoms with Gasteiger partial charge in [0.25, 0.3) is 5.69 Å². The summed E-state index contributed by atoms with van der Waals surface area (Å²) in [5, 5.41) is 16.4. The van der Waals surface area contributed by atoms with Crippen LogP contribution in [0.2, 0.25) is 5.02 Å². The molecule has 0 spiro atoms. The number of hydrogen-bond donors (Lipinski definition) is 0. The van der Waals surface area contributed by atoms with Gasteiger partial charge in [0, 0.05) is 53.6 Å². The van der Waals surface area contributed by atoms with Crippen LogP contribution in [0, 0.1) is 10.1 Å². The number of aromatic nitrogens is 4. The molecule has 2 aromatic heterocycles. The van der Waals surface area contributed by atoms with E-state index in [0.29, 0.717) is 29.5 Å². The lowest BCUT2D eigenvalue weighted by Crippen LogP contribution is -2.46. The number of nitro groups is 1. The number of carbonyl (C=O) groups is 3. The standard InChI is InChI=1S/C37H40ClN7O7/c1-21(2)43(36(48)52-37(4,5)6)18-28(23-7-11-26(38)12-8-23)34(46)42-16-25-17-44(41-29(25)19-42)33-31-22(3)15-30(32(31)39-20-40-33)51-35(47)24-9-13-27(14-10-24)45(49)50/h7-14,17,20-22,28,30H,15-16,18-19H2,1-6H3/t22-,28-,30-/m1/s1. The summed E-state index contributed by atoms with van der Waals surface area (Å²) < 4.78 is 13.2. The maximum atomic E-state index is 14.3. The van der Waals surface area contributed by atoms with Crippen LogP contribution in [0.1, 0.15) is 104 Å². The third-order valence-corrected chi connectivity index (χ3v) is 9.38. The van der Waals surface area contributed by atoms with Crippen LogP contribution >= 0.6 is 11.6 Å². The van der Waals surface area contributed by atoms with Crippen molar-refractivity contribution in [2.45, 2.75) is 90.6 Å². The van der Waals surface area contributed by atoms with Crippen LogP contribution in [0.15, 0.2) is 61.1 Å². The van der Waals surface area contributed by atoms with Gasteiger partial charge in [0.1, 0.15) is 18.0 Å². The van der Waals surface area contributed by atoms with E-state index in [-0.39, 0.29) is 42.2 Å². The Balaban J connectivity index is 1.20. The van der Waals surface area contributed by atoms with E-state index in [0.717, 1.165) is 22.4 Å². The number of nitro benzene ring substituents is 1. The molecule has 0 saturated carbocycles. The maximum Gasteiger partial charge on any atom is 0.410 e. The van der Waals surface area contributed by atoms with Gasteiger partial charge in [0.05, 0.1) is 34.3 Å². The van der Waals surface area contributed by atoms with E-state index in [1.807, 2.05) is 27.0 Å². The van der Waals surface area contributed by atoms with Crippen molar-refractivity contribution in [2.75, 3.05) is 6.54 Å². The highest BCUT2D eigenvalue weighted by molar-refractivity contribution is 6.30. The fourth-order valence-corrected chi connectivity index (χ4v) is 6.68. The third-order valence-electron chi connectivity index (χ3n) is 9.13. The fourth-order valence-electron chi connectivity index (χ4n) is 6.55. The van der Waals surface area contributed by atoms with Crippen molar-refractivity contribution >= 4 is 35.3 Å². The summed E-state index contributed by atoms with van der Waals surface area (Å²) in [4.78, 5) is 63.3. The van der Waals surface area contributed by atoms with Crippen LogP contribution in [0.3, 0.4) is 0 Å². The quantitative estimate of drug-likeness (QED) is 0.101. The number of nitrogens with zero attached hydrogens (tertiary/aromatic N) is 7. The number of hydrogen-bond acceptors (Lipinski definition) is 10. The normalized spacial score (nSPS) is 17.0. The fraction of sp³-hybridized carbons (Fsp3) is 0.405. The van der Waals surface area contributed by atoms with Crippen molar-refractivity contribution in [2.24, 2.45) is 0 Å². The Morgan fingerprint density at radius 3 is 2.37 bits per heavy atom. The molecule has 0 saturated heterocycles. The van der Waals surface area contributed by atoms with E-state index in [4.69, 9.17) is 26.2 Å². The molecular weight excluding hydrogens is 690 g/mol. The summed E-state index contributed by atoms with van der Waals surface area (Å²) in [7, 11) is 0. The summed E-state index contributed by atoms with van der Waals surface area (Å²) in [6, 6.07) is 12.1. The molecular formula is C37H40ClN7O7. The van der Waals surface area contributed by atoms with Gasteiger partial charge in [0.2, 0.25) is 5.91 Å². The Bertz CT molecular complexity index is 1980. The predicted molar refractivity (Wildman–Crippen MR) is 190 cm³/mol. The van der Waals surface area contributed by atoms with E-state index >= 15 is 0 Å². The number of carbonyl (C=O) groups excluding carboxylic acids is 3. The van der Waals surface area contributed by atoms with Crippen LogP contribution < -0.4 is 0 Å². The number of non-ortho nitro benzene ring substituents is 1. The molecule has 272 valence electrons. The van der Waals surface area contributed by atoms with Gasteiger partial charge in [-0.2, -0.15) is 5.10 Å². The van der Waals surface area contributed by atoms with Crippen molar-refractivity contribution in [3.05, 3.63) is 110 Å². The average Bonchev–Trinajstić information content (AvgIpc) is 3.76. The number of esters is 1. The van der Waals surface area contributed by atoms with Crippen molar-refractivity contribution in [3.8, 4) is 5.82 Å². The Morgan fingerprint density at radius 1 is 1.06 bits per heavy atom. The highest BCUT2D eigenvalue weighted by atomic mass is 35.5. The molecule has 0 radical (unpaired) electrons. The van der Waals surface area contributed by atoms with Gasteiger partial charge < -0.3 is 19.3 Å². The SMILES string of the molecule is CC(C)N(C[C@@H](C(=O)N1Cc2cn(-c3ncnc4c3[C@H](C)C[C@H]4OC(=O)c3ccc([N+](=O)[O-])cc3)nc2C1)c1ccc(Cl)cc1)C(=O)OC(C)(C)C. The van der Waals surface area contributed by atoms with Crippen molar-refractivity contribution in [3.63, 3.8) is 0 Å². The Hall–Kier alpha value is -5.37. The van der Waals surface area contributed by atoms with E-state index in [2.05, 4.69) is 9.97 Å². The molecule has 2 amide bonds. The molecule has 15 heteroatoms. The van der Waals surface area contributed by atoms with Crippen LogP contribution in [0.25, 0.3) is 5.82 Å². The first-order valence-electron chi connectivity index (χ1n) is 17.0. The lowest BCUT2D eigenvalue weighted by Gasteiger charge is -2.33. The molecule has 3 heterocycles. The summed E-state index contributed by atoms with van der Waals surface area (Å²) in [5.41, 5.74) is 3.06. The minimum atomic E-state index is -0.699. The lowest BCUT2D eigenvalue weighted by molar-refractivity contribution is -0.384. The number of fused-ring (bicyclic) bond motifs is 2. The molecule has 0 fully saturated rings. The molecule has 6 rings (SSSR count). The molecule has 1 aliphatic carbocycles. The van der Waals surface area contributed by atoms with Gasteiger partial charge in [-0.3, -0.25) is 14.9 Å². The number of amides is 2. The first kappa shape index (κ1) is 36.4. The zero-order chi connectivity index (χ0) is 37.5. The molecule has 14 nitrogen and oxygen atoms in total. The lowest BCUT2D eigenvalue weighted by atomic mass is 9.96. The number of halogens is 1. The monoisotopic (exact) mass is 729 g/mol. The van der Waals surface area contributed by atoms with E-state index in [1.165, 1.54) is 30.6 Å². The second-order valence-corrected chi connectivity index (χ2v) is 14.8. The molecule has 4 aromatic rings. The molecule has 2 aromatic carbocycles. The maximum absolute atomic E-state index is 14.3. The topological polar surface area (TPSA) is 163 Å². The van der Waals surface area contributed by atoms with Gasteiger partial charge in [0.15, 0.2) is 5.82 Å². The molecule has 52 heavy (non-hydrogen) atoms. The Kier molecular flexibility index (Phi) is 10.0. The smallest absolute Gasteiger partial charge is 0.410 e. The number of benzene rings is 2. The minimum Gasteiger partial charge on any atom is -0.452 e. The van der Waals surface area contributed by atoms with E-state index in [1.54, 1.807) is 59.5 Å². The molecule has 3 atom stereocenters. The third kappa shape index (κ3) is 7.61. The largest absolute Gasteiger partial charge is 0.452 e. The van der Waals surface area contributed by atoms with Crippen molar-refractivity contribution < 1.29 is 28.8 Å². The Morgan fingerprint density at radius 2 is 1.75 bits per heavy atom. The summed E-state index contributed by atoms with van der Waals surface area (Å²) in [6.45, 7) is 11.9. The van der Waals surface area contributed by atoms with Crippen molar-refractivity contribution in [1.29, 1.82) is 0 Å². The number of ether oxygens (including phenoxy) is 2. The number of rotatable bonds is 9. The zero-order valence-electron chi connectivity index (χ0n) is 29.8. The molecule has 0 N–H and O–H groups in total. The second-order valence-electron chi connectivity index (χ2n) is 14.4. The highest BCUT2D eigenvalue weighted by Crippen LogP contribution is 2.43. The Labute approximate surface area is 305 Å². The first-order valence-corrected chi connectivity index (χ1v) is 17.4. The molecule has 2 aliphatic rings. The van der Waals surface area contributed by atoms with Gasteiger partial charge in [-0.1, -0.05) is 30.7 Å². The van der Waals surface area contributed by atoms with Gasteiger partial charge in [-0.25, -0.2) is 24.2 Å². The summed E-state index contributed by atoms with van der Waals surface area (Å²) in [6.07, 6.45) is 2.60. The molecule has 1 aliphatic heterocycles. The zero-order valence-corrected chi connectivity index (χ0v) is 30.5. The van der Waals surface area contributed by atoms with Crippen molar-refractivity contribution in [1.82, 2.24) is 29.5 Å². The first-order chi connectivity index (χ1) is 24.6. The van der Waals surface area contributed by atoms with Crippen LogP contribution in [0.5, 0.6) is 0 Å². The summed E-state index contributed by atoms with van der Waals surface area (Å²) >= 11 is 6.19. The van der Waals surface area contributed by atoms with Gasteiger partial charge in [-0.15, -0.1) is 0 Å². The minimum absolute atomic E-state index is 0.0630. The van der Waals surface area contributed by atoms with E-state index < -0.39 is 34.6 Å². The molecule has 0 unspecified atom stereocenters. The second kappa shape index (κ2) is 14.3. The highest BCUT2D eigenvalue weighted by Gasteiger charge is 2.38. The predicted octanol–water partition coefficient (Wildman–Crippen LogP) is 6.90. The van der Waals surface area contributed by atoms with Crippen LogP contribution in [-0.2, 0) is 27.4 Å².